The number of hydrogen-bond donors (Lipinski definition) is 2. The van der Waals surface area contributed by atoms with Crippen LogP contribution < -0.4 is 11.1 Å². The van der Waals surface area contributed by atoms with Crippen LogP contribution in [0.1, 0.15) is 43.2 Å². The van der Waals surface area contributed by atoms with Crippen molar-refractivity contribution in [3.63, 3.8) is 0 Å². The molecule has 1 aliphatic carbocycles. The molecule has 1 aliphatic rings. The number of hydrogen-bond acceptors (Lipinski definition) is 3. The van der Waals surface area contributed by atoms with Crippen molar-refractivity contribution in [2.75, 3.05) is 0 Å². The van der Waals surface area contributed by atoms with Crippen LogP contribution in [0.15, 0.2) is 24.3 Å². The molecule has 3 rings (SSSR count). The highest BCUT2D eigenvalue weighted by molar-refractivity contribution is 7.12. The van der Waals surface area contributed by atoms with Gasteiger partial charge in [0, 0.05) is 28.4 Å². The summed E-state index contributed by atoms with van der Waals surface area (Å²) in [6.45, 7) is 3.74. The minimum atomic E-state index is -0.370. The molecule has 0 bridgehead atoms. The molecule has 0 unspecified atom stereocenters. The van der Waals surface area contributed by atoms with Crippen LogP contribution in [0, 0.1) is 6.92 Å². The number of rotatable bonds is 5. The van der Waals surface area contributed by atoms with E-state index in [4.69, 9.17) is 5.73 Å². The highest BCUT2D eigenvalue weighted by atomic mass is 32.1. The van der Waals surface area contributed by atoms with Crippen molar-refractivity contribution in [1.29, 1.82) is 0 Å². The highest BCUT2D eigenvalue weighted by Gasteiger charge is 2.14. The van der Waals surface area contributed by atoms with Gasteiger partial charge < -0.3 is 11.1 Å². The van der Waals surface area contributed by atoms with E-state index in [0.717, 1.165) is 18.7 Å². The van der Waals surface area contributed by atoms with E-state index < -0.39 is 0 Å². The Hall–Kier alpha value is -1.65. The number of thiophene rings is 1. The summed E-state index contributed by atoms with van der Waals surface area (Å²) in [5.41, 5.74) is 9.74. The largest absolute Gasteiger partial charge is 0.366 e. The molecule has 3 nitrogen and oxygen atoms in total. The average Bonchev–Trinajstić information content (AvgIpc) is 3.01. The van der Waals surface area contributed by atoms with Gasteiger partial charge in [-0.25, -0.2) is 0 Å². The van der Waals surface area contributed by atoms with Gasteiger partial charge >= 0.3 is 0 Å². The van der Waals surface area contributed by atoms with E-state index in [9.17, 15) is 4.79 Å². The molecule has 1 amide bonds. The summed E-state index contributed by atoms with van der Waals surface area (Å²) in [6.07, 6.45) is 3.83. The van der Waals surface area contributed by atoms with E-state index in [1.165, 1.54) is 29.7 Å². The second kappa shape index (κ2) is 6.00. The Balaban J connectivity index is 1.58. The highest BCUT2D eigenvalue weighted by Crippen LogP contribution is 2.30. The standard InChI is InChI=1S/C17H20N2OS/c1-11-7-13(17(18)20)5-6-14(11)9-19-10-15-8-12-3-2-4-16(12)21-15/h5-8,19H,2-4,9-10H2,1H3,(H2,18,20). The SMILES string of the molecule is Cc1cc(C(N)=O)ccc1CNCc1cc2c(s1)CCC2. The normalized spacial score (nSPS) is 13.4. The van der Waals surface area contributed by atoms with Crippen molar-refractivity contribution in [2.24, 2.45) is 5.73 Å². The van der Waals surface area contributed by atoms with Crippen LogP contribution in [0.3, 0.4) is 0 Å². The Morgan fingerprint density at radius 3 is 2.86 bits per heavy atom. The third kappa shape index (κ3) is 3.17. The molecule has 1 heterocycles. The van der Waals surface area contributed by atoms with Gasteiger partial charge in [-0.1, -0.05) is 6.07 Å². The topological polar surface area (TPSA) is 55.1 Å². The first-order chi connectivity index (χ1) is 10.1. The lowest BCUT2D eigenvalue weighted by molar-refractivity contribution is 0.1000. The van der Waals surface area contributed by atoms with E-state index in [0.29, 0.717) is 5.56 Å². The molecule has 0 saturated carbocycles. The van der Waals surface area contributed by atoms with Gasteiger partial charge in [-0.2, -0.15) is 0 Å². The molecule has 21 heavy (non-hydrogen) atoms. The van der Waals surface area contributed by atoms with Crippen molar-refractivity contribution in [3.05, 3.63) is 56.3 Å². The average molecular weight is 300 g/mol. The Kier molecular flexibility index (Phi) is 4.08. The van der Waals surface area contributed by atoms with Crippen LogP contribution in [0.4, 0.5) is 0 Å². The Labute approximate surface area is 129 Å². The van der Waals surface area contributed by atoms with Crippen LogP contribution in [-0.2, 0) is 25.9 Å². The second-order valence-electron chi connectivity index (χ2n) is 5.62. The fraction of sp³-hybridized carbons (Fsp3) is 0.353. The van der Waals surface area contributed by atoms with Crippen LogP contribution in [0.2, 0.25) is 0 Å². The van der Waals surface area contributed by atoms with Gasteiger partial charge in [0.1, 0.15) is 0 Å². The van der Waals surface area contributed by atoms with Crippen molar-refractivity contribution < 1.29 is 4.79 Å². The zero-order valence-corrected chi connectivity index (χ0v) is 13.1. The van der Waals surface area contributed by atoms with Crippen LogP contribution in [-0.4, -0.2) is 5.91 Å². The molecule has 2 aromatic rings. The first-order valence-electron chi connectivity index (χ1n) is 7.34. The van der Waals surface area contributed by atoms with Crippen molar-refractivity contribution in [3.8, 4) is 0 Å². The summed E-state index contributed by atoms with van der Waals surface area (Å²) in [7, 11) is 0. The van der Waals surface area contributed by atoms with Gasteiger partial charge in [0.25, 0.3) is 0 Å². The maximum Gasteiger partial charge on any atom is 0.248 e. The summed E-state index contributed by atoms with van der Waals surface area (Å²) in [5, 5.41) is 3.49. The van der Waals surface area contributed by atoms with E-state index in [1.807, 2.05) is 30.4 Å². The van der Waals surface area contributed by atoms with Crippen molar-refractivity contribution in [1.82, 2.24) is 5.32 Å². The molecule has 0 fully saturated rings. The second-order valence-corrected chi connectivity index (χ2v) is 6.85. The molecular weight excluding hydrogens is 280 g/mol. The number of nitrogens with one attached hydrogen (secondary N) is 1. The van der Waals surface area contributed by atoms with Crippen molar-refractivity contribution >= 4 is 17.2 Å². The summed E-state index contributed by atoms with van der Waals surface area (Å²) >= 11 is 1.94. The molecule has 0 radical (unpaired) electrons. The molecule has 0 aliphatic heterocycles. The number of carbonyl (C=O) groups is 1. The molecule has 0 saturated heterocycles. The van der Waals surface area contributed by atoms with Crippen LogP contribution >= 0.6 is 11.3 Å². The zero-order valence-electron chi connectivity index (χ0n) is 12.2. The van der Waals surface area contributed by atoms with E-state index >= 15 is 0 Å². The summed E-state index contributed by atoms with van der Waals surface area (Å²) in [5.74, 6) is -0.370. The Bertz CT molecular complexity index is 654. The molecule has 4 heteroatoms. The monoisotopic (exact) mass is 300 g/mol. The number of benzene rings is 1. The number of aryl methyl sites for hydroxylation is 3. The maximum atomic E-state index is 11.1. The minimum absolute atomic E-state index is 0.370. The van der Waals surface area contributed by atoms with Gasteiger partial charge in [0.2, 0.25) is 5.91 Å². The third-order valence-corrected chi connectivity index (χ3v) is 5.28. The summed E-state index contributed by atoms with van der Waals surface area (Å²) in [4.78, 5) is 14.1. The zero-order chi connectivity index (χ0) is 14.8. The van der Waals surface area contributed by atoms with E-state index in [1.54, 1.807) is 16.5 Å². The smallest absolute Gasteiger partial charge is 0.248 e. The fourth-order valence-electron chi connectivity index (χ4n) is 2.85. The lowest BCUT2D eigenvalue weighted by Gasteiger charge is -2.08. The molecule has 0 spiro atoms. The van der Waals surface area contributed by atoms with Gasteiger partial charge in [0.15, 0.2) is 0 Å². The number of amides is 1. The number of carbonyl (C=O) groups excluding carboxylic acids is 1. The van der Waals surface area contributed by atoms with E-state index in [-0.39, 0.29) is 5.91 Å². The molecule has 3 N–H and O–H groups in total. The first kappa shape index (κ1) is 14.3. The summed E-state index contributed by atoms with van der Waals surface area (Å²) < 4.78 is 0. The maximum absolute atomic E-state index is 11.1. The molecule has 110 valence electrons. The number of primary amides is 1. The quantitative estimate of drug-likeness (QED) is 0.892. The van der Waals surface area contributed by atoms with Gasteiger partial charge in [-0.3, -0.25) is 4.79 Å². The molecule has 1 aromatic heterocycles. The Morgan fingerprint density at radius 1 is 1.29 bits per heavy atom. The lowest BCUT2D eigenvalue weighted by atomic mass is 10.0. The fourth-order valence-corrected chi connectivity index (χ4v) is 4.08. The molecular formula is C17H20N2OS. The third-order valence-electron chi connectivity index (χ3n) is 4.04. The van der Waals surface area contributed by atoms with Gasteiger partial charge in [-0.05, 0) is 61.1 Å². The lowest BCUT2D eigenvalue weighted by Crippen LogP contribution is -2.14. The number of fused-ring (bicyclic) bond motifs is 1. The van der Waals surface area contributed by atoms with E-state index in [2.05, 4.69) is 11.4 Å². The summed E-state index contributed by atoms with van der Waals surface area (Å²) in [6, 6.07) is 7.99. The predicted octanol–water partition coefficient (Wildman–Crippen LogP) is 2.93. The minimum Gasteiger partial charge on any atom is -0.366 e. The van der Waals surface area contributed by atoms with Gasteiger partial charge in [0.05, 0.1) is 0 Å². The van der Waals surface area contributed by atoms with Crippen LogP contribution in [0.25, 0.3) is 0 Å². The van der Waals surface area contributed by atoms with Crippen molar-refractivity contribution in [2.45, 2.75) is 39.3 Å². The molecule has 0 atom stereocenters. The van der Waals surface area contributed by atoms with Crippen LogP contribution in [0.5, 0.6) is 0 Å². The molecule has 1 aromatic carbocycles. The van der Waals surface area contributed by atoms with Gasteiger partial charge in [-0.15, -0.1) is 11.3 Å². The predicted molar refractivity (Wildman–Crippen MR) is 86.6 cm³/mol. The number of nitrogens with two attached hydrogens (primary N) is 1. The first-order valence-corrected chi connectivity index (χ1v) is 8.15. The Morgan fingerprint density at radius 2 is 2.14 bits per heavy atom.